The fourth-order valence-electron chi connectivity index (χ4n) is 3.85. The van der Waals surface area contributed by atoms with Gasteiger partial charge in [0.15, 0.2) is 5.78 Å². The minimum absolute atomic E-state index is 0.103. The molecule has 0 N–H and O–H groups in total. The first-order valence-electron chi connectivity index (χ1n) is 11.4. The zero-order valence-corrected chi connectivity index (χ0v) is 21.2. The quantitative estimate of drug-likeness (QED) is 0.127. The molecule has 0 atom stereocenters. The van der Waals surface area contributed by atoms with Crippen molar-refractivity contribution in [2.45, 2.75) is 38.0 Å². The monoisotopic (exact) mass is 480 g/mol. The number of carbonyl (C=O) groups excluding carboxylic acids is 1. The van der Waals surface area contributed by atoms with Crippen molar-refractivity contribution in [2.75, 3.05) is 0 Å². The predicted molar refractivity (Wildman–Crippen MR) is 146 cm³/mol. The van der Waals surface area contributed by atoms with Gasteiger partial charge in [0.25, 0.3) is 0 Å². The van der Waals surface area contributed by atoms with Crippen LogP contribution in [-0.2, 0) is 4.79 Å². The van der Waals surface area contributed by atoms with Crippen molar-refractivity contribution < 1.29 is 4.79 Å². The molecule has 176 valence electrons. The van der Waals surface area contributed by atoms with Crippen molar-refractivity contribution in [3.63, 3.8) is 0 Å². The third-order valence-electron chi connectivity index (χ3n) is 6.02. The summed E-state index contributed by atoms with van der Waals surface area (Å²) in [5, 5.41) is 7.16. The highest BCUT2D eigenvalue weighted by Gasteiger charge is 2.35. The van der Waals surface area contributed by atoms with E-state index in [0.29, 0.717) is 16.9 Å². The zero-order valence-electron chi connectivity index (χ0n) is 20.2. The molecule has 35 heavy (non-hydrogen) atoms. The Morgan fingerprint density at radius 2 is 1.17 bits per heavy atom. The van der Waals surface area contributed by atoms with Gasteiger partial charge >= 0.3 is 0 Å². The Kier molecular flexibility index (Phi) is 8.65. The molecule has 0 bridgehead atoms. The van der Waals surface area contributed by atoms with Gasteiger partial charge in [0.2, 0.25) is 0 Å². The molecule has 1 aliphatic carbocycles. The smallest absolute Gasteiger partial charge is 0.184 e. The van der Waals surface area contributed by atoms with Gasteiger partial charge in [0.1, 0.15) is 0 Å². The van der Waals surface area contributed by atoms with Crippen molar-refractivity contribution in [2.24, 2.45) is 10.2 Å². The van der Waals surface area contributed by atoms with Crippen LogP contribution >= 0.6 is 0 Å². The molecular weight excluding hydrogens is 452 g/mol. The summed E-state index contributed by atoms with van der Waals surface area (Å²) in [6.07, 6.45) is 13.2. The van der Waals surface area contributed by atoms with Gasteiger partial charge in [0, 0.05) is 29.3 Å². The third-order valence-corrected chi connectivity index (χ3v) is 8.88. The van der Waals surface area contributed by atoms with Crippen molar-refractivity contribution >= 4 is 37.4 Å². The summed E-state index contributed by atoms with van der Waals surface area (Å²) in [7, 11) is -1.47. The van der Waals surface area contributed by atoms with Crippen molar-refractivity contribution in [3.05, 3.63) is 116 Å². The Hall–Kier alpha value is -4.09. The molecule has 0 aromatic heterocycles. The average Bonchev–Trinajstić information content (AvgIpc) is 2.83. The van der Waals surface area contributed by atoms with Crippen LogP contribution in [0.1, 0.15) is 24.0 Å². The van der Waals surface area contributed by atoms with Crippen LogP contribution in [-0.4, -0.2) is 13.9 Å². The van der Waals surface area contributed by atoms with E-state index >= 15 is 0 Å². The number of allylic oxidation sites excluding steroid dienone is 6. The van der Waals surface area contributed by atoms with Crippen LogP contribution in [0.5, 0.6) is 0 Å². The molecule has 2 aromatic carbocycles. The molecule has 0 heterocycles. The summed E-state index contributed by atoms with van der Waals surface area (Å²) in [5.41, 5.74) is 22.3. The van der Waals surface area contributed by atoms with E-state index in [4.69, 9.17) is 11.1 Å². The van der Waals surface area contributed by atoms with E-state index in [-0.39, 0.29) is 5.78 Å². The highest BCUT2D eigenvalue weighted by Crippen LogP contribution is 2.40. The number of nitrogens with zero attached hydrogens (tertiary/aromatic N) is 6. The van der Waals surface area contributed by atoms with Gasteiger partial charge in [-0.15, -0.1) is 0 Å². The molecule has 0 amide bonds. The Morgan fingerprint density at radius 3 is 1.51 bits per heavy atom. The van der Waals surface area contributed by atoms with Gasteiger partial charge in [-0.1, -0.05) is 115 Å². The van der Waals surface area contributed by atoms with Crippen LogP contribution in [0.15, 0.2) is 94.2 Å². The van der Waals surface area contributed by atoms with Gasteiger partial charge < -0.3 is 0 Å². The highest BCUT2D eigenvalue weighted by atomic mass is 28.3. The highest BCUT2D eigenvalue weighted by molar-refractivity contribution is 6.77. The molecule has 0 spiro atoms. The minimum Gasteiger partial charge on any atom is -0.289 e. The van der Waals surface area contributed by atoms with E-state index < -0.39 is 8.07 Å². The second-order valence-electron chi connectivity index (χ2n) is 9.46. The molecule has 0 unspecified atom stereocenters. The molecule has 8 heteroatoms. The lowest BCUT2D eigenvalue weighted by Crippen LogP contribution is -2.33. The van der Waals surface area contributed by atoms with Crippen LogP contribution in [0.4, 0.5) is 11.4 Å². The fourth-order valence-corrected chi connectivity index (χ4v) is 5.52. The molecule has 2 aromatic rings. The van der Waals surface area contributed by atoms with Gasteiger partial charge in [-0.25, -0.2) is 0 Å². The van der Waals surface area contributed by atoms with Crippen molar-refractivity contribution in [1.82, 2.24) is 0 Å². The Bertz CT molecular complexity index is 1190. The largest absolute Gasteiger partial charge is 0.289 e. The molecule has 7 nitrogen and oxygen atoms in total. The third kappa shape index (κ3) is 7.45. The summed E-state index contributed by atoms with van der Waals surface area (Å²) in [6.45, 7) is 7.06. The minimum atomic E-state index is -1.47. The van der Waals surface area contributed by atoms with Gasteiger partial charge in [0.05, 0.1) is 0 Å². The van der Waals surface area contributed by atoms with Crippen molar-refractivity contribution in [1.29, 1.82) is 0 Å². The topological polar surface area (TPSA) is 115 Å². The number of azide groups is 2. The number of ketones is 1. The van der Waals surface area contributed by atoms with E-state index in [0.717, 1.165) is 35.1 Å². The number of benzene rings is 2. The zero-order chi connectivity index (χ0) is 25.3. The maximum atomic E-state index is 13.2. The fraction of sp³-hybridized carbons (Fsp3) is 0.222. The summed E-state index contributed by atoms with van der Waals surface area (Å²) in [6, 6.07) is 14.6. The van der Waals surface area contributed by atoms with Gasteiger partial charge in [-0.3, -0.25) is 4.79 Å². The number of rotatable bonds is 7. The van der Waals surface area contributed by atoms with Gasteiger partial charge in [-0.05, 0) is 51.7 Å². The standard InChI is InChI=1S/C27H28N6OSi/c1-35(2,3)26-18-22(8-4-6-20-10-14-24(15-11-20)30-32-28)27(34)23(19-26)9-5-7-21-12-16-25(17-13-21)31-33-29/h4-17,26H,18-19H2,1-3H3. The summed E-state index contributed by atoms with van der Waals surface area (Å²) in [5.74, 6) is 0.103. The summed E-state index contributed by atoms with van der Waals surface area (Å²) >= 11 is 0. The lowest BCUT2D eigenvalue weighted by atomic mass is 9.87. The van der Waals surface area contributed by atoms with Gasteiger partial charge in [-0.2, -0.15) is 0 Å². The average molecular weight is 481 g/mol. The van der Waals surface area contributed by atoms with Crippen molar-refractivity contribution in [3.8, 4) is 0 Å². The molecule has 1 aliphatic rings. The molecular formula is C27H28N6OSi. The first-order valence-corrected chi connectivity index (χ1v) is 15.0. The Balaban J connectivity index is 1.80. The lowest BCUT2D eigenvalue weighted by molar-refractivity contribution is -0.113. The van der Waals surface area contributed by atoms with Crippen LogP contribution in [0, 0.1) is 0 Å². The van der Waals surface area contributed by atoms with E-state index in [1.54, 1.807) is 24.3 Å². The number of hydrogen-bond donors (Lipinski definition) is 0. The first kappa shape index (κ1) is 25.5. The maximum absolute atomic E-state index is 13.2. The molecule has 0 aliphatic heterocycles. The second kappa shape index (κ2) is 11.9. The van der Waals surface area contributed by atoms with E-state index in [9.17, 15) is 4.79 Å². The molecule has 0 saturated heterocycles. The Morgan fingerprint density at radius 1 is 0.771 bits per heavy atom. The SMILES string of the molecule is C[Si](C)(C)C1CC(=CC=Cc2ccc(N=[N+]=[N-])cc2)C(=O)C(=CC=Cc2ccc(N=[N+]=[N-])cc2)C1. The maximum Gasteiger partial charge on any atom is 0.184 e. The van der Waals surface area contributed by atoms with Crippen LogP contribution in [0.25, 0.3) is 33.0 Å². The molecule has 1 saturated carbocycles. The lowest BCUT2D eigenvalue weighted by Gasteiger charge is -2.34. The number of carbonyl (C=O) groups is 1. The normalized spacial score (nSPS) is 18.7. The molecule has 1 fully saturated rings. The van der Waals surface area contributed by atoms with Crippen LogP contribution in [0.2, 0.25) is 25.2 Å². The van der Waals surface area contributed by atoms with E-state index in [2.05, 4.69) is 39.7 Å². The molecule has 0 radical (unpaired) electrons. The first-order chi connectivity index (χ1) is 16.8. The van der Waals surface area contributed by atoms with E-state index in [1.165, 1.54) is 0 Å². The Labute approximate surface area is 206 Å². The number of hydrogen-bond acceptors (Lipinski definition) is 3. The number of Topliss-reactive ketones (excluding diaryl/α,β-unsaturated/α-hetero) is 1. The summed E-state index contributed by atoms with van der Waals surface area (Å²) in [4.78, 5) is 18.8. The summed E-state index contributed by atoms with van der Waals surface area (Å²) < 4.78 is 0. The van der Waals surface area contributed by atoms with Crippen LogP contribution < -0.4 is 0 Å². The predicted octanol–water partition coefficient (Wildman–Crippen LogP) is 9.22. The molecule has 3 rings (SSSR count). The van der Waals surface area contributed by atoms with Crippen LogP contribution in [0.3, 0.4) is 0 Å². The second-order valence-corrected chi connectivity index (χ2v) is 15.0. The van der Waals surface area contributed by atoms with E-state index in [1.807, 2.05) is 60.7 Å².